The molecule has 1 amide bonds. The van der Waals surface area contributed by atoms with E-state index in [0.717, 1.165) is 5.56 Å². The molecule has 1 aliphatic rings. The first-order valence-corrected chi connectivity index (χ1v) is 3.82. The van der Waals surface area contributed by atoms with Gasteiger partial charge in [-0.3, -0.25) is 10.1 Å². The maximum absolute atomic E-state index is 10.8. The van der Waals surface area contributed by atoms with Crippen molar-refractivity contribution >= 4 is 18.1 Å². The van der Waals surface area contributed by atoms with Crippen molar-refractivity contribution in [2.75, 3.05) is 5.32 Å². The Balaban J connectivity index is 2.52. The van der Waals surface area contributed by atoms with Crippen LogP contribution < -0.4 is 5.32 Å². The van der Waals surface area contributed by atoms with Crippen molar-refractivity contribution in [3.8, 4) is 0 Å². The number of benzene rings is 1. The van der Waals surface area contributed by atoms with Crippen molar-refractivity contribution in [1.29, 1.82) is 0 Å². The molecular formula is C9H7NO3. The highest BCUT2D eigenvalue weighted by Gasteiger charge is 2.17. The maximum Gasteiger partial charge on any atom is 0.411 e. The van der Waals surface area contributed by atoms with E-state index in [1.165, 1.54) is 0 Å². The lowest BCUT2D eigenvalue weighted by Gasteiger charge is -2.18. The number of nitrogens with one attached hydrogen (secondary N) is 1. The molecule has 1 aliphatic heterocycles. The molecule has 0 fully saturated rings. The zero-order chi connectivity index (χ0) is 9.26. The SMILES string of the molecule is O=Cc1cccc2c1NC(=O)OC2. The number of aldehydes is 1. The van der Waals surface area contributed by atoms with Gasteiger partial charge in [-0.15, -0.1) is 0 Å². The molecule has 0 aliphatic carbocycles. The lowest BCUT2D eigenvalue weighted by atomic mass is 10.1. The highest BCUT2D eigenvalue weighted by Crippen LogP contribution is 2.24. The standard InChI is InChI=1S/C9H7NO3/c11-4-6-2-1-3-7-5-13-9(12)10-8(6)7/h1-4H,5H2,(H,10,12). The normalized spacial score (nSPS) is 14.0. The van der Waals surface area contributed by atoms with Crippen molar-refractivity contribution < 1.29 is 14.3 Å². The average Bonchev–Trinajstić information content (AvgIpc) is 2.17. The van der Waals surface area contributed by atoms with Gasteiger partial charge in [-0.2, -0.15) is 0 Å². The van der Waals surface area contributed by atoms with E-state index in [1.54, 1.807) is 12.1 Å². The number of hydrogen-bond acceptors (Lipinski definition) is 3. The Labute approximate surface area is 74.5 Å². The number of fused-ring (bicyclic) bond motifs is 1. The van der Waals surface area contributed by atoms with Gasteiger partial charge in [0.2, 0.25) is 0 Å². The van der Waals surface area contributed by atoms with Crippen molar-refractivity contribution in [2.45, 2.75) is 6.61 Å². The Morgan fingerprint density at radius 2 is 2.31 bits per heavy atom. The maximum atomic E-state index is 10.8. The molecule has 0 saturated carbocycles. The number of cyclic esters (lactones) is 1. The first-order valence-electron chi connectivity index (χ1n) is 3.82. The van der Waals surface area contributed by atoms with Crippen LogP contribution in [-0.4, -0.2) is 12.4 Å². The van der Waals surface area contributed by atoms with Gasteiger partial charge < -0.3 is 4.74 Å². The fraction of sp³-hybridized carbons (Fsp3) is 0.111. The molecule has 0 bridgehead atoms. The summed E-state index contributed by atoms with van der Waals surface area (Å²) in [4.78, 5) is 21.4. The predicted molar refractivity (Wildman–Crippen MR) is 45.6 cm³/mol. The number of carbonyl (C=O) groups is 2. The summed E-state index contributed by atoms with van der Waals surface area (Å²) in [6, 6.07) is 5.21. The average molecular weight is 177 g/mol. The molecule has 1 N–H and O–H groups in total. The predicted octanol–water partition coefficient (Wildman–Crippen LogP) is 1.56. The molecule has 0 spiro atoms. The summed E-state index contributed by atoms with van der Waals surface area (Å²) in [5, 5.41) is 2.49. The number of rotatable bonds is 1. The molecule has 0 atom stereocenters. The van der Waals surface area contributed by atoms with Gasteiger partial charge in [-0.25, -0.2) is 4.79 Å². The van der Waals surface area contributed by atoms with E-state index in [2.05, 4.69) is 5.32 Å². The van der Waals surface area contributed by atoms with E-state index in [-0.39, 0.29) is 6.61 Å². The molecule has 0 unspecified atom stereocenters. The van der Waals surface area contributed by atoms with Crippen molar-refractivity contribution in [3.05, 3.63) is 29.3 Å². The molecule has 0 saturated heterocycles. The minimum Gasteiger partial charge on any atom is -0.444 e. The summed E-state index contributed by atoms with van der Waals surface area (Å²) >= 11 is 0. The summed E-state index contributed by atoms with van der Waals surface area (Å²) in [5.41, 5.74) is 1.87. The van der Waals surface area contributed by atoms with Crippen LogP contribution in [0.25, 0.3) is 0 Å². The molecule has 13 heavy (non-hydrogen) atoms. The number of hydrogen-bond donors (Lipinski definition) is 1. The number of amides is 1. The van der Waals surface area contributed by atoms with Crippen LogP contribution in [0.15, 0.2) is 18.2 Å². The molecule has 4 heteroatoms. The highest BCUT2D eigenvalue weighted by molar-refractivity contribution is 5.95. The van der Waals surface area contributed by atoms with E-state index in [4.69, 9.17) is 4.74 Å². The lowest BCUT2D eigenvalue weighted by Crippen LogP contribution is -2.21. The minimum absolute atomic E-state index is 0.225. The van der Waals surface area contributed by atoms with E-state index < -0.39 is 6.09 Å². The Morgan fingerprint density at radius 3 is 3.08 bits per heavy atom. The third kappa shape index (κ3) is 1.26. The van der Waals surface area contributed by atoms with E-state index >= 15 is 0 Å². The van der Waals surface area contributed by atoms with Crippen molar-refractivity contribution in [2.24, 2.45) is 0 Å². The van der Waals surface area contributed by atoms with Crippen LogP contribution in [0.1, 0.15) is 15.9 Å². The number of ether oxygens (including phenoxy) is 1. The second-order valence-corrected chi connectivity index (χ2v) is 2.70. The number of anilines is 1. The minimum atomic E-state index is -0.512. The Hall–Kier alpha value is -1.84. The largest absolute Gasteiger partial charge is 0.444 e. The van der Waals surface area contributed by atoms with Crippen molar-refractivity contribution in [3.63, 3.8) is 0 Å². The fourth-order valence-electron chi connectivity index (χ4n) is 1.27. The molecular weight excluding hydrogens is 170 g/mol. The monoisotopic (exact) mass is 177 g/mol. The topological polar surface area (TPSA) is 55.4 Å². The Morgan fingerprint density at radius 1 is 1.46 bits per heavy atom. The first-order chi connectivity index (χ1) is 6.31. The molecule has 1 heterocycles. The van der Waals surface area contributed by atoms with Gasteiger partial charge in [-0.05, 0) is 6.07 Å². The van der Waals surface area contributed by atoms with Crippen molar-refractivity contribution in [1.82, 2.24) is 0 Å². The van der Waals surface area contributed by atoms with Crippen LogP contribution in [0.4, 0.5) is 10.5 Å². The van der Waals surface area contributed by atoms with Crippen LogP contribution in [-0.2, 0) is 11.3 Å². The summed E-state index contributed by atoms with van der Waals surface area (Å²) in [6.07, 6.45) is 0.201. The number of carbonyl (C=O) groups excluding carboxylic acids is 2. The first kappa shape index (κ1) is 7.79. The lowest BCUT2D eigenvalue weighted by molar-refractivity contribution is 0.112. The van der Waals surface area contributed by atoms with Gasteiger partial charge in [0.05, 0.1) is 5.69 Å². The van der Waals surface area contributed by atoms with Gasteiger partial charge in [0.25, 0.3) is 0 Å². The van der Waals surface area contributed by atoms with E-state index in [9.17, 15) is 9.59 Å². The summed E-state index contributed by atoms with van der Waals surface area (Å²) in [6.45, 7) is 0.225. The van der Waals surface area contributed by atoms with Crippen LogP contribution >= 0.6 is 0 Å². The van der Waals surface area contributed by atoms with Gasteiger partial charge in [-0.1, -0.05) is 12.1 Å². The summed E-state index contributed by atoms with van der Waals surface area (Å²) in [5.74, 6) is 0. The third-order valence-corrected chi connectivity index (χ3v) is 1.90. The smallest absolute Gasteiger partial charge is 0.411 e. The quantitative estimate of drug-likeness (QED) is 0.662. The fourth-order valence-corrected chi connectivity index (χ4v) is 1.27. The number of para-hydroxylation sites is 1. The van der Waals surface area contributed by atoms with Gasteiger partial charge in [0, 0.05) is 11.1 Å². The Bertz CT molecular complexity index is 373. The second kappa shape index (κ2) is 2.90. The zero-order valence-electron chi connectivity index (χ0n) is 6.74. The van der Waals surface area contributed by atoms with Crippen LogP contribution in [0.2, 0.25) is 0 Å². The van der Waals surface area contributed by atoms with E-state index in [1.807, 2.05) is 6.07 Å². The molecule has 0 aromatic heterocycles. The molecule has 0 radical (unpaired) electrons. The summed E-state index contributed by atoms with van der Waals surface area (Å²) in [7, 11) is 0. The van der Waals surface area contributed by atoms with Crippen LogP contribution in [0.3, 0.4) is 0 Å². The van der Waals surface area contributed by atoms with Crippen LogP contribution in [0, 0.1) is 0 Å². The van der Waals surface area contributed by atoms with Gasteiger partial charge >= 0.3 is 6.09 Å². The second-order valence-electron chi connectivity index (χ2n) is 2.70. The van der Waals surface area contributed by atoms with E-state index in [0.29, 0.717) is 17.5 Å². The molecule has 4 nitrogen and oxygen atoms in total. The third-order valence-electron chi connectivity index (χ3n) is 1.90. The molecule has 1 aromatic carbocycles. The van der Waals surface area contributed by atoms with Crippen LogP contribution in [0.5, 0.6) is 0 Å². The molecule has 1 aromatic rings. The molecule has 66 valence electrons. The Kier molecular flexibility index (Phi) is 1.73. The van der Waals surface area contributed by atoms with Gasteiger partial charge in [0.15, 0.2) is 6.29 Å². The molecule has 2 rings (SSSR count). The zero-order valence-corrected chi connectivity index (χ0v) is 6.74. The van der Waals surface area contributed by atoms with Gasteiger partial charge in [0.1, 0.15) is 6.61 Å². The highest BCUT2D eigenvalue weighted by atomic mass is 16.5. The summed E-state index contributed by atoms with van der Waals surface area (Å²) < 4.78 is 4.74.